The lowest BCUT2D eigenvalue weighted by atomic mass is 9.99. The number of ether oxygens (including phenoxy) is 3. The Morgan fingerprint density at radius 2 is 1.45 bits per heavy atom. The summed E-state index contributed by atoms with van der Waals surface area (Å²) < 4.78 is 17.6. The van der Waals surface area contributed by atoms with Gasteiger partial charge in [0.05, 0.1) is 6.61 Å². The molecule has 0 heterocycles. The Morgan fingerprint density at radius 3 is 2.17 bits per heavy atom. The van der Waals surface area contributed by atoms with E-state index in [1.807, 2.05) is 55.5 Å². The molecule has 3 nitrogen and oxygen atoms in total. The summed E-state index contributed by atoms with van der Waals surface area (Å²) in [6.07, 6.45) is 0.796. The maximum atomic E-state index is 5.97. The lowest BCUT2D eigenvalue weighted by Crippen LogP contribution is -2.20. The van der Waals surface area contributed by atoms with Gasteiger partial charge >= 0.3 is 0 Å². The highest BCUT2D eigenvalue weighted by molar-refractivity contribution is 5.70. The average molecular weight is 391 g/mol. The summed E-state index contributed by atoms with van der Waals surface area (Å²) in [7, 11) is 0. The second kappa shape index (κ2) is 10.7. The zero-order valence-electron chi connectivity index (χ0n) is 17.5. The normalized spacial score (nSPS) is 12.9. The number of hydrogen-bond donors (Lipinski definition) is 0. The lowest BCUT2D eigenvalue weighted by molar-refractivity contribution is -0.0738. The van der Waals surface area contributed by atoms with Crippen molar-refractivity contribution in [2.45, 2.75) is 39.4 Å². The Kier molecular flexibility index (Phi) is 7.71. The van der Waals surface area contributed by atoms with E-state index in [1.165, 1.54) is 5.56 Å². The summed E-state index contributed by atoms with van der Waals surface area (Å²) >= 11 is 0. The van der Waals surface area contributed by atoms with Crippen LogP contribution in [0.2, 0.25) is 0 Å². The molecule has 3 aromatic carbocycles. The molecule has 0 saturated heterocycles. The zero-order chi connectivity index (χ0) is 20.5. The first-order valence-corrected chi connectivity index (χ1v) is 10.3. The van der Waals surface area contributed by atoms with E-state index in [-0.39, 0.29) is 6.29 Å². The molecule has 2 atom stereocenters. The fourth-order valence-electron chi connectivity index (χ4n) is 3.15. The van der Waals surface area contributed by atoms with E-state index in [0.717, 1.165) is 29.0 Å². The third kappa shape index (κ3) is 6.10. The van der Waals surface area contributed by atoms with Crippen LogP contribution in [0.3, 0.4) is 0 Å². The lowest BCUT2D eigenvalue weighted by Gasteiger charge is -2.17. The van der Waals surface area contributed by atoms with Crippen LogP contribution >= 0.6 is 0 Å². The molecular weight excluding hydrogens is 360 g/mol. The predicted molar refractivity (Wildman–Crippen MR) is 119 cm³/mol. The molecule has 0 aliphatic rings. The van der Waals surface area contributed by atoms with Crippen LogP contribution in [-0.4, -0.2) is 19.5 Å². The summed E-state index contributed by atoms with van der Waals surface area (Å²) in [6.45, 7) is 7.25. The summed E-state index contributed by atoms with van der Waals surface area (Å²) in [5.41, 5.74) is 3.55. The highest BCUT2D eigenvalue weighted by atomic mass is 16.7. The Hall–Kier alpha value is -2.78. The minimum Gasteiger partial charge on any atom is -0.491 e. The van der Waals surface area contributed by atoms with Crippen molar-refractivity contribution in [3.63, 3.8) is 0 Å². The Morgan fingerprint density at radius 1 is 0.759 bits per heavy atom. The van der Waals surface area contributed by atoms with Gasteiger partial charge in [-0.05, 0) is 48.6 Å². The molecule has 29 heavy (non-hydrogen) atoms. The molecule has 0 radical (unpaired) electrons. The Bertz CT molecular complexity index is 859. The van der Waals surface area contributed by atoms with Gasteiger partial charge < -0.3 is 14.2 Å². The standard InChI is InChI=1S/C26H30O3/c1-4-20(2)22-14-16-24(17-15-22)29-21(3)27-18-19-28-26-13-9-8-12-25(26)23-10-6-5-7-11-23/h5-17,20-21H,4,18-19H2,1-3H3. The van der Waals surface area contributed by atoms with Gasteiger partial charge in [-0.3, -0.25) is 0 Å². The first-order valence-electron chi connectivity index (χ1n) is 10.3. The first-order chi connectivity index (χ1) is 14.2. The summed E-state index contributed by atoms with van der Waals surface area (Å²) in [6, 6.07) is 26.6. The van der Waals surface area contributed by atoms with Crippen LogP contribution in [0.15, 0.2) is 78.9 Å². The van der Waals surface area contributed by atoms with Crippen molar-refractivity contribution < 1.29 is 14.2 Å². The molecule has 0 amide bonds. The van der Waals surface area contributed by atoms with Crippen molar-refractivity contribution in [3.8, 4) is 22.6 Å². The molecule has 0 bridgehead atoms. The second-order valence-electron chi connectivity index (χ2n) is 7.15. The van der Waals surface area contributed by atoms with E-state index < -0.39 is 0 Å². The maximum absolute atomic E-state index is 5.97. The SMILES string of the molecule is CCC(C)c1ccc(OC(C)OCCOc2ccccc2-c2ccccc2)cc1. The molecule has 2 unspecified atom stereocenters. The highest BCUT2D eigenvalue weighted by Gasteiger charge is 2.08. The zero-order valence-corrected chi connectivity index (χ0v) is 17.5. The number of para-hydroxylation sites is 1. The number of rotatable bonds is 10. The van der Waals surface area contributed by atoms with E-state index in [9.17, 15) is 0 Å². The van der Waals surface area contributed by atoms with Crippen LogP contribution in [0, 0.1) is 0 Å². The van der Waals surface area contributed by atoms with Crippen molar-refractivity contribution in [3.05, 3.63) is 84.4 Å². The number of benzene rings is 3. The minimum absolute atomic E-state index is 0.336. The van der Waals surface area contributed by atoms with Crippen LogP contribution in [0.4, 0.5) is 0 Å². The van der Waals surface area contributed by atoms with Gasteiger partial charge in [0.1, 0.15) is 18.1 Å². The highest BCUT2D eigenvalue weighted by Crippen LogP contribution is 2.29. The molecule has 0 N–H and O–H groups in total. The summed E-state index contributed by atoms with van der Waals surface area (Å²) in [5.74, 6) is 2.24. The molecule has 0 saturated carbocycles. The second-order valence-corrected chi connectivity index (χ2v) is 7.15. The fraction of sp³-hybridized carbons (Fsp3) is 0.308. The molecule has 3 rings (SSSR count). The first kappa shape index (κ1) is 20.9. The fourth-order valence-corrected chi connectivity index (χ4v) is 3.15. The van der Waals surface area contributed by atoms with Crippen LogP contribution < -0.4 is 9.47 Å². The minimum atomic E-state index is -0.336. The largest absolute Gasteiger partial charge is 0.491 e. The van der Waals surface area contributed by atoms with Crippen molar-refractivity contribution in [2.75, 3.05) is 13.2 Å². The van der Waals surface area contributed by atoms with Crippen LogP contribution in [0.5, 0.6) is 11.5 Å². The summed E-state index contributed by atoms with van der Waals surface area (Å²) in [5, 5.41) is 0. The summed E-state index contributed by atoms with van der Waals surface area (Å²) in [4.78, 5) is 0. The van der Waals surface area contributed by atoms with Gasteiger partial charge in [-0.25, -0.2) is 0 Å². The van der Waals surface area contributed by atoms with Gasteiger partial charge in [0, 0.05) is 5.56 Å². The predicted octanol–water partition coefficient (Wildman–Crippen LogP) is 6.69. The Labute approximate surface area is 174 Å². The van der Waals surface area contributed by atoms with Crippen molar-refractivity contribution in [2.24, 2.45) is 0 Å². The van der Waals surface area contributed by atoms with Gasteiger partial charge in [0.25, 0.3) is 0 Å². The third-order valence-electron chi connectivity index (χ3n) is 5.03. The molecular formula is C26H30O3. The van der Waals surface area contributed by atoms with Gasteiger partial charge in [-0.1, -0.05) is 74.5 Å². The van der Waals surface area contributed by atoms with E-state index >= 15 is 0 Å². The van der Waals surface area contributed by atoms with Gasteiger partial charge in [0.15, 0.2) is 6.29 Å². The molecule has 0 spiro atoms. The van der Waals surface area contributed by atoms with Crippen molar-refractivity contribution in [1.29, 1.82) is 0 Å². The van der Waals surface area contributed by atoms with E-state index in [0.29, 0.717) is 19.1 Å². The molecule has 0 aromatic heterocycles. The van der Waals surface area contributed by atoms with Crippen molar-refractivity contribution in [1.82, 2.24) is 0 Å². The molecule has 152 valence electrons. The van der Waals surface area contributed by atoms with Crippen LogP contribution in [-0.2, 0) is 4.74 Å². The maximum Gasteiger partial charge on any atom is 0.197 e. The quantitative estimate of drug-likeness (QED) is 0.285. The molecule has 3 heteroatoms. The smallest absolute Gasteiger partial charge is 0.197 e. The van der Waals surface area contributed by atoms with E-state index in [1.54, 1.807) is 0 Å². The van der Waals surface area contributed by atoms with E-state index in [2.05, 4.69) is 44.2 Å². The third-order valence-corrected chi connectivity index (χ3v) is 5.03. The Balaban J connectivity index is 1.46. The van der Waals surface area contributed by atoms with E-state index in [4.69, 9.17) is 14.2 Å². The van der Waals surface area contributed by atoms with Crippen LogP contribution in [0.25, 0.3) is 11.1 Å². The van der Waals surface area contributed by atoms with Crippen LogP contribution in [0.1, 0.15) is 38.7 Å². The molecule has 0 aliphatic heterocycles. The topological polar surface area (TPSA) is 27.7 Å². The monoisotopic (exact) mass is 390 g/mol. The number of hydrogen-bond acceptors (Lipinski definition) is 3. The molecule has 3 aromatic rings. The van der Waals surface area contributed by atoms with Gasteiger partial charge in [0.2, 0.25) is 0 Å². The average Bonchev–Trinajstić information content (AvgIpc) is 2.77. The molecule has 0 fully saturated rings. The molecule has 0 aliphatic carbocycles. The van der Waals surface area contributed by atoms with Gasteiger partial charge in [-0.2, -0.15) is 0 Å². The van der Waals surface area contributed by atoms with Gasteiger partial charge in [-0.15, -0.1) is 0 Å². The van der Waals surface area contributed by atoms with Crippen molar-refractivity contribution >= 4 is 0 Å².